The largest absolute Gasteiger partial charge is 0.382 e. The standard InChI is InChI=1S/C19H20N8O/c1-12-10-27-11-16(24-9-17(27)25-12)19(28)26-13-4-6-21-14(7-13)8-23-15-3-2-5-22-18(15)20/h2-7,9-11,17,23,25H,8H2,1H3,(H2,20,22)(H,21,26,28). The highest BCUT2D eigenvalue weighted by Crippen LogP contribution is 2.19. The second-order valence-corrected chi connectivity index (χ2v) is 6.42. The molecule has 142 valence electrons. The number of pyridine rings is 2. The number of hydrogen-bond acceptors (Lipinski definition) is 8. The van der Waals surface area contributed by atoms with Crippen LogP contribution in [0, 0.1) is 0 Å². The van der Waals surface area contributed by atoms with Gasteiger partial charge in [0.25, 0.3) is 5.91 Å². The number of allylic oxidation sites excluding steroid dienone is 1. The van der Waals surface area contributed by atoms with Crippen molar-refractivity contribution in [3.05, 3.63) is 66.1 Å². The molecule has 28 heavy (non-hydrogen) atoms. The van der Waals surface area contributed by atoms with Crippen LogP contribution in [-0.2, 0) is 11.3 Å². The summed E-state index contributed by atoms with van der Waals surface area (Å²) in [5.41, 5.74) is 9.31. The molecule has 2 aliphatic heterocycles. The topological polar surface area (TPSA) is 121 Å². The minimum absolute atomic E-state index is 0.0323. The van der Waals surface area contributed by atoms with Crippen molar-refractivity contribution in [3.63, 3.8) is 0 Å². The summed E-state index contributed by atoms with van der Waals surface area (Å²) in [5, 5.41) is 9.28. The van der Waals surface area contributed by atoms with E-state index in [1.165, 1.54) is 0 Å². The summed E-state index contributed by atoms with van der Waals surface area (Å²) >= 11 is 0. The van der Waals surface area contributed by atoms with Gasteiger partial charge in [0.1, 0.15) is 17.7 Å². The Morgan fingerprint density at radius 1 is 1.29 bits per heavy atom. The highest BCUT2D eigenvalue weighted by molar-refractivity contribution is 6.04. The average molecular weight is 376 g/mol. The molecule has 4 heterocycles. The number of nitrogens with two attached hydrogens (primary N) is 1. The van der Waals surface area contributed by atoms with Gasteiger partial charge in [0, 0.05) is 42.4 Å². The van der Waals surface area contributed by atoms with Crippen LogP contribution >= 0.6 is 0 Å². The third-order valence-electron chi connectivity index (χ3n) is 4.27. The Morgan fingerprint density at radius 3 is 3.04 bits per heavy atom. The second-order valence-electron chi connectivity index (χ2n) is 6.42. The Morgan fingerprint density at radius 2 is 2.18 bits per heavy atom. The van der Waals surface area contributed by atoms with Gasteiger partial charge in [0.05, 0.1) is 17.9 Å². The fraction of sp³-hybridized carbons (Fsp3) is 0.158. The maximum atomic E-state index is 12.6. The van der Waals surface area contributed by atoms with Crippen LogP contribution in [0.1, 0.15) is 12.6 Å². The van der Waals surface area contributed by atoms with E-state index < -0.39 is 0 Å². The summed E-state index contributed by atoms with van der Waals surface area (Å²) in [4.78, 5) is 27.1. The van der Waals surface area contributed by atoms with E-state index >= 15 is 0 Å². The zero-order valence-corrected chi connectivity index (χ0v) is 15.3. The lowest BCUT2D eigenvalue weighted by molar-refractivity contribution is -0.113. The minimum atomic E-state index is -0.283. The van der Waals surface area contributed by atoms with Crippen molar-refractivity contribution in [3.8, 4) is 0 Å². The number of nitrogen functional groups attached to an aromatic ring is 1. The number of aromatic nitrogens is 2. The second kappa shape index (κ2) is 7.39. The third-order valence-corrected chi connectivity index (χ3v) is 4.27. The van der Waals surface area contributed by atoms with Crippen molar-refractivity contribution in [2.24, 2.45) is 4.99 Å². The molecule has 0 radical (unpaired) electrons. The fourth-order valence-corrected chi connectivity index (χ4v) is 2.92. The molecular formula is C19H20N8O. The molecule has 1 atom stereocenters. The van der Waals surface area contributed by atoms with Crippen LogP contribution in [0.5, 0.6) is 0 Å². The van der Waals surface area contributed by atoms with E-state index in [1.54, 1.807) is 43.0 Å². The third kappa shape index (κ3) is 3.78. The predicted octanol–water partition coefficient (Wildman–Crippen LogP) is 1.63. The molecule has 4 rings (SSSR count). The van der Waals surface area contributed by atoms with Crippen molar-refractivity contribution in [2.75, 3.05) is 16.4 Å². The van der Waals surface area contributed by atoms with Crippen LogP contribution in [0.15, 0.2) is 65.4 Å². The Kier molecular flexibility index (Phi) is 4.63. The smallest absolute Gasteiger partial charge is 0.275 e. The summed E-state index contributed by atoms with van der Waals surface area (Å²) in [7, 11) is 0. The SMILES string of the molecule is CC1=CN2C=C(C(=O)Nc3ccnc(CNc4cccnc4N)c3)N=CC2N1. The molecule has 0 fully saturated rings. The van der Waals surface area contributed by atoms with Crippen molar-refractivity contribution >= 4 is 29.3 Å². The summed E-state index contributed by atoms with van der Waals surface area (Å²) < 4.78 is 0. The van der Waals surface area contributed by atoms with Gasteiger partial charge in [-0.05, 0) is 31.2 Å². The van der Waals surface area contributed by atoms with Gasteiger partial charge in [0.2, 0.25) is 0 Å². The Labute approximate surface area is 162 Å². The number of amides is 1. The minimum Gasteiger partial charge on any atom is -0.382 e. The van der Waals surface area contributed by atoms with E-state index in [1.807, 2.05) is 24.1 Å². The molecule has 0 aliphatic carbocycles. The van der Waals surface area contributed by atoms with Crippen LogP contribution in [0.4, 0.5) is 17.2 Å². The Balaban J connectivity index is 1.41. The molecule has 2 aliphatic rings. The molecule has 0 aromatic carbocycles. The van der Waals surface area contributed by atoms with Gasteiger partial charge in [-0.15, -0.1) is 0 Å². The van der Waals surface area contributed by atoms with E-state index in [0.717, 1.165) is 17.1 Å². The molecule has 2 aromatic heterocycles. The molecule has 0 spiro atoms. The number of fused-ring (bicyclic) bond motifs is 1. The molecule has 1 unspecified atom stereocenters. The number of aliphatic imine (C=N–C) groups is 1. The molecular weight excluding hydrogens is 356 g/mol. The highest BCUT2D eigenvalue weighted by Gasteiger charge is 2.24. The van der Waals surface area contributed by atoms with Crippen molar-refractivity contribution in [1.29, 1.82) is 0 Å². The first-order valence-corrected chi connectivity index (χ1v) is 8.77. The Bertz CT molecular complexity index is 997. The maximum Gasteiger partial charge on any atom is 0.275 e. The van der Waals surface area contributed by atoms with E-state index in [-0.39, 0.29) is 12.1 Å². The van der Waals surface area contributed by atoms with Gasteiger partial charge < -0.3 is 26.6 Å². The first-order valence-electron chi connectivity index (χ1n) is 8.77. The number of nitrogens with zero attached hydrogens (tertiary/aromatic N) is 4. The lowest BCUT2D eigenvalue weighted by atomic mass is 10.2. The molecule has 5 N–H and O–H groups in total. The average Bonchev–Trinajstić information content (AvgIpc) is 3.07. The lowest BCUT2D eigenvalue weighted by Crippen LogP contribution is -2.37. The summed E-state index contributed by atoms with van der Waals surface area (Å²) in [6.07, 6.45) is 8.61. The van der Waals surface area contributed by atoms with Crippen molar-refractivity contribution < 1.29 is 4.79 Å². The first-order chi connectivity index (χ1) is 13.6. The van der Waals surface area contributed by atoms with E-state index in [9.17, 15) is 4.79 Å². The molecule has 0 saturated carbocycles. The summed E-state index contributed by atoms with van der Waals surface area (Å²) in [6, 6.07) is 7.18. The van der Waals surface area contributed by atoms with Gasteiger partial charge in [-0.25, -0.2) is 9.98 Å². The van der Waals surface area contributed by atoms with Crippen LogP contribution < -0.4 is 21.7 Å². The Hall–Kier alpha value is -3.88. The van der Waals surface area contributed by atoms with Gasteiger partial charge in [-0.3, -0.25) is 9.78 Å². The monoisotopic (exact) mass is 376 g/mol. The molecule has 2 aromatic rings. The van der Waals surface area contributed by atoms with Gasteiger partial charge >= 0.3 is 0 Å². The molecule has 1 amide bonds. The zero-order valence-electron chi connectivity index (χ0n) is 15.3. The number of rotatable bonds is 5. The quantitative estimate of drug-likeness (QED) is 0.626. The van der Waals surface area contributed by atoms with Gasteiger partial charge in [-0.1, -0.05) is 0 Å². The lowest BCUT2D eigenvalue weighted by Gasteiger charge is -2.22. The van der Waals surface area contributed by atoms with E-state index in [4.69, 9.17) is 5.73 Å². The van der Waals surface area contributed by atoms with Crippen LogP contribution in [-0.4, -0.2) is 33.2 Å². The molecule has 9 heteroatoms. The van der Waals surface area contributed by atoms with Crippen LogP contribution in [0.2, 0.25) is 0 Å². The molecule has 0 saturated heterocycles. The van der Waals surface area contributed by atoms with E-state index in [2.05, 4.69) is 30.9 Å². The number of carbonyl (C=O) groups is 1. The number of nitrogens with one attached hydrogen (secondary N) is 3. The predicted molar refractivity (Wildman–Crippen MR) is 108 cm³/mol. The van der Waals surface area contributed by atoms with E-state index in [0.29, 0.717) is 23.7 Å². The summed E-state index contributed by atoms with van der Waals surface area (Å²) in [5.74, 6) is 0.141. The fourth-order valence-electron chi connectivity index (χ4n) is 2.92. The summed E-state index contributed by atoms with van der Waals surface area (Å²) in [6.45, 7) is 2.41. The zero-order chi connectivity index (χ0) is 19.5. The number of anilines is 3. The van der Waals surface area contributed by atoms with Crippen molar-refractivity contribution in [1.82, 2.24) is 20.2 Å². The van der Waals surface area contributed by atoms with Crippen LogP contribution in [0.25, 0.3) is 0 Å². The first kappa shape index (κ1) is 17.5. The highest BCUT2D eigenvalue weighted by atomic mass is 16.2. The number of hydrogen-bond donors (Lipinski definition) is 4. The number of carbonyl (C=O) groups excluding carboxylic acids is 1. The van der Waals surface area contributed by atoms with Crippen LogP contribution in [0.3, 0.4) is 0 Å². The van der Waals surface area contributed by atoms with Crippen molar-refractivity contribution in [2.45, 2.75) is 19.6 Å². The van der Waals surface area contributed by atoms with Gasteiger partial charge in [-0.2, -0.15) is 0 Å². The normalized spacial score (nSPS) is 17.3. The van der Waals surface area contributed by atoms with Gasteiger partial charge in [0.15, 0.2) is 0 Å². The maximum absolute atomic E-state index is 12.6. The molecule has 0 bridgehead atoms. The molecule has 9 nitrogen and oxygen atoms in total.